The van der Waals surface area contributed by atoms with E-state index in [1.54, 1.807) is 0 Å². The molecule has 0 fully saturated rings. The topological polar surface area (TPSA) is 18.1 Å². The Morgan fingerprint density at radius 1 is 0.304 bits per heavy atom. The molecule has 260 valence electrons. The lowest BCUT2D eigenvalue weighted by atomic mass is 9.85. The molecule has 0 N–H and O–H groups in total. The summed E-state index contributed by atoms with van der Waals surface area (Å²) in [7, 11) is 0. The third kappa shape index (κ3) is 4.57. The molecule has 0 radical (unpaired) electrons. The van der Waals surface area contributed by atoms with Gasteiger partial charge in [0, 0.05) is 27.2 Å². The van der Waals surface area contributed by atoms with Gasteiger partial charge in [0.15, 0.2) is 0 Å². The van der Waals surface area contributed by atoms with Gasteiger partial charge in [-0.25, -0.2) is 0 Å². The van der Waals surface area contributed by atoms with E-state index in [0.29, 0.717) is 0 Å². The van der Waals surface area contributed by atoms with Gasteiger partial charge < -0.3 is 8.98 Å². The van der Waals surface area contributed by atoms with E-state index < -0.39 is 0 Å². The smallest absolute Gasteiger partial charge is 0.136 e. The fourth-order valence-electron chi connectivity index (χ4n) is 9.30. The molecule has 0 aliphatic heterocycles. The molecule has 12 aromatic rings. The van der Waals surface area contributed by atoms with Gasteiger partial charge in [-0.3, -0.25) is 0 Å². The summed E-state index contributed by atoms with van der Waals surface area (Å²) >= 11 is 0. The molecule has 0 aliphatic rings. The predicted molar refractivity (Wildman–Crippen MR) is 237 cm³/mol. The highest BCUT2D eigenvalue weighted by Crippen LogP contribution is 2.45. The summed E-state index contributed by atoms with van der Waals surface area (Å²) in [6, 6.07) is 72.8. The van der Waals surface area contributed by atoms with Crippen molar-refractivity contribution < 1.29 is 4.42 Å². The van der Waals surface area contributed by atoms with Crippen LogP contribution >= 0.6 is 0 Å². The van der Waals surface area contributed by atoms with Crippen LogP contribution in [0.25, 0.3) is 115 Å². The highest BCUT2D eigenvalue weighted by atomic mass is 16.3. The molecule has 0 amide bonds. The average molecular weight is 712 g/mol. The summed E-state index contributed by atoms with van der Waals surface area (Å²) in [5.74, 6) is 0. The second-order valence-corrected chi connectivity index (χ2v) is 14.8. The van der Waals surface area contributed by atoms with Crippen molar-refractivity contribution in [2.75, 3.05) is 0 Å². The van der Waals surface area contributed by atoms with Crippen LogP contribution in [0.4, 0.5) is 0 Å². The van der Waals surface area contributed by atoms with Crippen LogP contribution in [0.15, 0.2) is 205 Å². The van der Waals surface area contributed by atoms with E-state index in [4.69, 9.17) is 4.42 Å². The number of rotatable bonds is 4. The van der Waals surface area contributed by atoms with Gasteiger partial charge in [-0.05, 0) is 114 Å². The van der Waals surface area contributed by atoms with E-state index in [-0.39, 0.29) is 0 Å². The van der Waals surface area contributed by atoms with Crippen molar-refractivity contribution in [3.8, 4) is 39.1 Å². The highest BCUT2D eigenvalue weighted by Gasteiger charge is 2.19. The van der Waals surface area contributed by atoms with Gasteiger partial charge in [-0.15, -0.1) is 0 Å². The molecule has 0 atom stereocenters. The van der Waals surface area contributed by atoms with Crippen molar-refractivity contribution in [3.63, 3.8) is 0 Å². The minimum absolute atomic E-state index is 0.924. The molecule has 2 nitrogen and oxygen atoms in total. The van der Waals surface area contributed by atoms with Crippen LogP contribution in [0, 0.1) is 0 Å². The molecule has 2 heterocycles. The summed E-state index contributed by atoms with van der Waals surface area (Å²) in [5, 5.41) is 12.3. The zero-order valence-corrected chi connectivity index (χ0v) is 30.4. The maximum atomic E-state index is 6.23. The average Bonchev–Trinajstić information content (AvgIpc) is 3.81. The molecule has 10 aromatic carbocycles. The molecule has 0 unspecified atom stereocenters. The van der Waals surface area contributed by atoms with E-state index >= 15 is 0 Å². The highest BCUT2D eigenvalue weighted by molar-refractivity contribution is 6.23. The first kappa shape index (κ1) is 31.0. The van der Waals surface area contributed by atoms with Crippen LogP contribution in [0.5, 0.6) is 0 Å². The molecule has 0 saturated carbocycles. The summed E-state index contributed by atoms with van der Waals surface area (Å²) < 4.78 is 8.60. The number of hydrogen-bond acceptors (Lipinski definition) is 1. The quantitative estimate of drug-likeness (QED) is 0.166. The molecule has 0 aliphatic carbocycles. The van der Waals surface area contributed by atoms with Gasteiger partial charge in [-0.2, -0.15) is 0 Å². The monoisotopic (exact) mass is 711 g/mol. The minimum atomic E-state index is 0.924. The molecule has 0 bridgehead atoms. The molecule has 0 spiro atoms. The Balaban J connectivity index is 0.998. The minimum Gasteiger partial charge on any atom is -0.456 e. The number of para-hydroxylation sites is 3. The lowest BCUT2D eigenvalue weighted by molar-refractivity contribution is 0.669. The van der Waals surface area contributed by atoms with E-state index in [9.17, 15) is 0 Å². The molecule has 2 heteroatoms. The van der Waals surface area contributed by atoms with E-state index in [2.05, 4.69) is 199 Å². The van der Waals surface area contributed by atoms with Gasteiger partial charge in [0.25, 0.3) is 0 Å². The lowest BCUT2D eigenvalue weighted by Gasteiger charge is -2.18. The number of furan rings is 1. The first-order valence-electron chi connectivity index (χ1n) is 19.3. The van der Waals surface area contributed by atoms with E-state index in [1.165, 1.54) is 98.6 Å². The number of aromatic nitrogens is 1. The Morgan fingerprint density at radius 3 is 1.59 bits per heavy atom. The second-order valence-electron chi connectivity index (χ2n) is 14.8. The molecular weight excluding hydrogens is 679 g/mol. The first-order valence-corrected chi connectivity index (χ1v) is 19.3. The summed E-state index contributed by atoms with van der Waals surface area (Å²) in [6.45, 7) is 0. The van der Waals surface area contributed by atoms with Gasteiger partial charge in [0.05, 0.1) is 11.0 Å². The zero-order chi connectivity index (χ0) is 36.7. The Hall–Kier alpha value is -7.42. The summed E-state index contributed by atoms with van der Waals surface area (Å²) in [6.07, 6.45) is 0. The van der Waals surface area contributed by atoms with Crippen LogP contribution in [0.2, 0.25) is 0 Å². The van der Waals surface area contributed by atoms with Gasteiger partial charge in [-0.1, -0.05) is 152 Å². The lowest BCUT2D eigenvalue weighted by Crippen LogP contribution is -1.92. The van der Waals surface area contributed by atoms with Crippen LogP contribution in [0.3, 0.4) is 0 Å². The van der Waals surface area contributed by atoms with Crippen LogP contribution in [0.1, 0.15) is 0 Å². The Bertz CT molecular complexity index is 3460. The Morgan fingerprint density at radius 2 is 0.857 bits per heavy atom. The largest absolute Gasteiger partial charge is 0.456 e. The van der Waals surface area contributed by atoms with Crippen molar-refractivity contribution in [1.29, 1.82) is 0 Å². The maximum Gasteiger partial charge on any atom is 0.136 e. The van der Waals surface area contributed by atoms with E-state index in [1.807, 2.05) is 6.07 Å². The van der Waals surface area contributed by atoms with Crippen LogP contribution in [-0.4, -0.2) is 4.57 Å². The third-order valence-corrected chi connectivity index (χ3v) is 11.8. The Labute approximate surface area is 323 Å². The zero-order valence-electron chi connectivity index (χ0n) is 30.4. The molecule has 0 saturated heterocycles. The SMILES string of the molecule is c1ccc(-n2c3ccccc3c3cc(-c4ccc(-c5c6ccccc6c(-c6ccc7c(ccc8oc9ccccc9c87)c6)c6ccccc56)cc4)ccc32)cc1. The molecule has 56 heavy (non-hydrogen) atoms. The molecule has 12 rings (SSSR count). The predicted octanol–water partition coefficient (Wildman–Crippen LogP) is 15.1. The summed E-state index contributed by atoms with van der Waals surface area (Å²) in [4.78, 5) is 0. The van der Waals surface area contributed by atoms with Crippen molar-refractivity contribution >= 4 is 76.1 Å². The van der Waals surface area contributed by atoms with Crippen molar-refractivity contribution in [1.82, 2.24) is 4.57 Å². The number of benzene rings is 10. The number of fused-ring (bicyclic) bond motifs is 10. The van der Waals surface area contributed by atoms with Crippen molar-refractivity contribution in [2.24, 2.45) is 0 Å². The van der Waals surface area contributed by atoms with Gasteiger partial charge in [0.2, 0.25) is 0 Å². The van der Waals surface area contributed by atoms with Gasteiger partial charge in [0.1, 0.15) is 11.2 Å². The summed E-state index contributed by atoms with van der Waals surface area (Å²) in [5.41, 5.74) is 12.8. The normalized spacial score (nSPS) is 11.9. The fraction of sp³-hybridized carbons (Fsp3) is 0. The van der Waals surface area contributed by atoms with E-state index in [0.717, 1.165) is 16.6 Å². The van der Waals surface area contributed by atoms with Crippen LogP contribution < -0.4 is 0 Å². The van der Waals surface area contributed by atoms with Crippen LogP contribution in [-0.2, 0) is 0 Å². The number of hydrogen-bond donors (Lipinski definition) is 0. The second kappa shape index (κ2) is 12.0. The third-order valence-electron chi connectivity index (χ3n) is 11.8. The standard InChI is InChI=1S/C54H33NO/c1-2-12-39(13-3-1)55-48-20-10-8-14-41(48)47-33-36(27-30-49(47)55)34-22-24-35(25-23-34)52-42-15-4-6-17-44(42)53(45-18-7-5-16-43(45)52)38-26-29-40-37(32-38)28-31-51-54(40)46-19-9-11-21-50(46)56-51/h1-33H. The first-order chi connectivity index (χ1) is 27.8. The maximum absolute atomic E-state index is 6.23. The fourth-order valence-corrected chi connectivity index (χ4v) is 9.30. The Kier molecular flexibility index (Phi) is 6.66. The van der Waals surface area contributed by atoms with Crippen molar-refractivity contribution in [3.05, 3.63) is 200 Å². The number of nitrogens with zero attached hydrogens (tertiary/aromatic N) is 1. The van der Waals surface area contributed by atoms with Gasteiger partial charge >= 0.3 is 0 Å². The van der Waals surface area contributed by atoms with Crippen molar-refractivity contribution in [2.45, 2.75) is 0 Å². The molecule has 2 aromatic heterocycles. The molecular formula is C54H33NO.